The van der Waals surface area contributed by atoms with Crippen LogP contribution in [0.25, 0.3) is 5.00 Å². The van der Waals surface area contributed by atoms with Crippen molar-refractivity contribution in [2.75, 3.05) is 18.0 Å². The smallest absolute Gasteiger partial charge is 0.249 e. The second kappa shape index (κ2) is 16.3. The quantitative estimate of drug-likeness (QED) is 0.137. The van der Waals surface area contributed by atoms with E-state index < -0.39 is 23.9 Å². The molecule has 3 unspecified atom stereocenters. The van der Waals surface area contributed by atoms with E-state index in [-0.39, 0.29) is 42.9 Å². The molecule has 15 heteroatoms. The van der Waals surface area contributed by atoms with Crippen molar-refractivity contribution in [1.82, 2.24) is 30.7 Å². The summed E-state index contributed by atoms with van der Waals surface area (Å²) in [5.74, 6) is -0.455. The summed E-state index contributed by atoms with van der Waals surface area (Å²) in [6.07, 6.45) is 3.38. The number of amides is 5. The van der Waals surface area contributed by atoms with Crippen LogP contribution in [0.2, 0.25) is 5.02 Å². The summed E-state index contributed by atoms with van der Waals surface area (Å²) in [4.78, 5) is 71.8. The summed E-state index contributed by atoms with van der Waals surface area (Å²) >= 11 is 7.89. The van der Waals surface area contributed by atoms with E-state index in [0.29, 0.717) is 55.3 Å². The zero-order chi connectivity index (χ0) is 38.8. The number of anilines is 1. The molecule has 3 atom stereocenters. The van der Waals surface area contributed by atoms with Crippen molar-refractivity contribution >= 4 is 63.9 Å². The average Bonchev–Trinajstić information content (AvgIpc) is 3.65. The van der Waals surface area contributed by atoms with Gasteiger partial charge in [0, 0.05) is 52.6 Å². The van der Waals surface area contributed by atoms with Gasteiger partial charge in [-0.2, -0.15) is 0 Å². The van der Waals surface area contributed by atoms with Gasteiger partial charge < -0.3 is 15.5 Å². The van der Waals surface area contributed by atoms with Crippen molar-refractivity contribution < 1.29 is 24.0 Å². The van der Waals surface area contributed by atoms with Crippen LogP contribution in [-0.4, -0.2) is 69.1 Å². The lowest BCUT2D eigenvalue weighted by Gasteiger charge is -2.34. The molecular weight excluding hydrogens is 740 g/mol. The van der Waals surface area contributed by atoms with E-state index in [1.165, 1.54) is 4.88 Å². The number of hydrogen-bond donors (Lipinski definition) is 3. The van der Waals surface area contributed by atoms with Gasteiger partial charge in [-0.05, 0) is 75.8 Å². The molecule has 0 bridgehead atoms. The summed E-state index contributed by atoms with van der Waals surface area (Å²) in [7, 11) is 0. The van der Waals surface area contributed by atoms with Crippen molar-refractivity contribution in [3.8, 4) is 5.00 Å². The molecule has 2 aromatic carbocycles. The van der Waals surface area contributed by atoms with E-state index in [2.05, 4.69) is 40.0 Å². The van der Waals surface area contributed by atoms with E-state index in [4.69, 9.17) is 16.6 Å². The lowest BCUT2D eigenvalue weighted by molar-refractivity contribution is -0.137. The van der Waals surface area contributed by atoms with Crippen molar-refractivity contribution in [2.24, 2.45) is 4.99 Å². The number of rotatable bonds is 11. The van der Waals surface area contributed by atoms with Crippen molar-refractivity contribution in [1.29, 1.82) is 0 Å². The molecule has 2 aromatic heterocycles. The molecule has 4 aromatic rings. The molecule has 286 valence electrons. The monoisotopic (exact) mass is 782 g/mol. The second-order valence-corrected chi connectivity index (χ2v) is 15.9. The van der Waals surface area contributed by atoms with Gasteiger partial charge in [0.15, 0.2) is 5.82 Å². The van der Waals surface area contributed by atoms with E-state index in [0.717, 1.165) is 45.2 Å². The SMILES string of the molecule is Cc1sc2c(c1C)C(c1ccc(Cl)cc1)=NC(CC(=O)NCCCCCC(=O)N1CCC(C(=O)NC3CCC(=O)NC3=O)c3ccccc31)c1nnc(C)n1-2. The molecule has 55 heavy (non-hydrogen) atoms. The van der Waals surface area contributed by atoms with Gasteiger partial charge >= 0.3 is 0 Å². The molecular formula is C40H43ClN8O5S. The topological polar surface area (TPSA) is 168 Å². The number of imide groups is 1. The Morgan fingerprint density at radius 3 is 2.55 bits per heavy atom. The molecule has 0 saturated carbocycles. The predicted molar refractivity (Wildman–Crippen MR) is 210 cm³/mol. The van der Waals surface area contributed by atoms with E-state index in [1.807, 2.05) is 60.0 Å². The summed E-state index contributed by atoms with van der Waals surface area (Å²) in [5.41, 5.74) is 5.27. The lowest BCUT2D eigenvalue weighted by Crippen LogP contribution is -2.53. The molecule has 0 radical (unpaired) electrons. The van der Waals surface area contributed by atoms with Crippen LogP contribution in [0.1, 0.15) is 102 Å². The van der Waals surface area contributed by atoms with Crippen molar-refractivity contribution in [3.05, 3.63) is 92.3 Å². The molecule has 3 N–H and O–H groups in total. The minimum atomic E-state index is -0.755. The number of carbonyl (C=O) groups excluding carboxylic acids is 5. The number of benzene rings is 2. The number of aliphatic imine (C=N–C) groups is 1. The molecule has 0 spiro atoms. The Morgan fingerprint density at radius 2 is 1.76 bits per heavy atom. The number of nitrogens with zero attached hydrogens (tertiary/aromatic N) is 5. The van der Waals surface area contributed by atoms with E-state index in [9.17, 15) is 24.0 Å². The predicted octanol–water partition coefficient (Wildman–Crippen LogP) is 5.31. The highest BCUT2D eigenvalue weighted by atomic mass is 35.5. The average molecular weight is 783 g/mol. The summed E-state index contributed by atoms with van der Waals surface area (Å²) in [5, 5.41) is 18.6. The fourth-order valence-electron chi connectivity index (χ4n) is 7.52. The Bertz CT molecular complexity index is 2190. The number of halogens is 1. The van der Waals surface area contributed by atoms with Gasteiger partial charge in [0.25, 0.3) is 0 Å². The Balaban J connectivity index is 0.927. The van der Waals surface area contributed by atoms with Crippen LogP contribution in [0.4, 0.5) is 5.69 Å². The van der Waals surface area contributed by atoms with E-state index in [1.54, 1.807) is 16.2 Å². The summed E-state index contributed by atoms with van der Waals surface area (Å²) in [6.45, 7) is 6.92. The van der Waals surface area contributed by atoms with Crippen LogP contribution in [0, 0.1) is 20.8 Å². The fraction of sp³-hybridized carbons (Fsp3) is 0.400. The number of carbonyl (C=O) groups is 5. The van der Waals surface area contributed by atoms with E-state index >= 15 is 0 Å². The number of unbranched alkanes of at least 4 members (excludes halogenated alkanes) is 2. The molecule has 7 rings (SSSR count). The Kier molecular flexibility index (Phi) is 11.3. The van der Waals surface area contributed by atoms with Gasteiger partial charge in [0.1, 0.15) is 22.9 Å². The Hall–Kier alpha value is -5.21. The lowest BCUT2D eigenvalue weighted by atomic mass is 9.88. The first-order valence-electron chi connectivity index (χ1n) is 18.7. The first-order valence-corrected chi connectivity index (χ1v) is 19.9. The molecule has 1 saturated heterocycles. The molecule has 5 heterocycles. The van der Waals surface area contributed by atoms with Crippen LogP contribution < -0.4 is 20.9 Å². The van der Waals surface area contributed by atoms with Gasteiger partial charge in [-0.25, -0.2) is 0 Å². The van der Waals surface area contributed by atoms with Crippen LogP contribution in [0.3, 0.4) is 0 Å². The van der Waals surface area contributed by atoms with Crippen LogP contribution in [0.15, 0.2) is 53.5 Å². The van der Waals surface area contributed by atoms with Crippen molar-refractivity contribution in [2.45, 2.75) is 90.1 Å². The number of piperidine rings is 1. The van der Waals surface area contributed by atoms with Gasteiger partial charge in [-0.3, -0.25) is 38.8 Å². The molecule has 1 fully saturated rings. The van der Waals surface area contributed by atoms with Crippen LogP contribution in [0.5, 0.6) is 0 Å². The normalized spacial score (nSPS) is 19.0. The minimum Gasteiger partial charge on any atom is -0.356 e. The van der Waals surface area contributed by atoms with Crippen LogP contribution in [-0.2, 0) is 24.0 Å². The highest BCUT2D eigenvalue weighted by Gasteiger charge is 2.36. The molecule has 3 aliphatic heterocycles. The number of fused-ring (bicyclic) bond motifs is 4. The maximum absolute atomic E-state index is 13.4. The van der Waals surface area contributed by atoms with Crippen LogP contribution >= 0.6 is 22.9 Å². The number of thiophene rings is 1. The molecule has 0 aliphatic carbocycles. The zero-order valence-electron chi connectivity index (χ0n) is 31.0. The standard InChI is InChI=1S/C40H43ClN8O5S/c1-22-23(2)55-40-35(22)36(25-12-14-26(41)15-13-25)43-30(37-47-46-24(3)49(37)40)21-33(51)42-19-8-4-5-11-34(52)48-20-18-28(27-9-6-7-10-31(27)48)38(53)44-29-16-17-32(50)45-39(29)54/h6-7,9-10,12-15,28-30H,4-5,8,11,16-21H2,1-3H3,(H,42,51)(H,44,53)(H,45,50,54). The third-order valence-corrected chi connectivity index (χ3v) is 12.0. The van der Waals surface area contributed by atoms with Gasteiger partial charge in [-0.15, -0.1) is 21.5 Å². The number of para-hydroxylation sites is 1. The number of nitrogens with one attached hydrogen (secondary N) is 3. The highest BCUT2D eigenvalue weighted by Crippen LogP contribution is 2.40. The highest BCUT2D eigenvalue weighted by molar-refractivity contribution is 7.15. The van der Waals surface area contributed by atoms with Gasteiger partial charge in [0.05, 0.1) is 18.1 Å². The summed E-state index contributed by atoms with van der Waals surface area (Å²) in [6, 6.07) is 13.6. The zero-order valence-corrected chi connectivity index (χ0v) is 32.6. The van der Waals surface area contributed by atoms with Gasteiger partial charge in [0.2, 0.25) is 29.5 Å². The first-order chi connectivity index (χ1) is 26.5. The maximum Gasteiger partial charge on any atom is 0.249 e. The van der Waals surface area contributed by atoms with Crippen molar-refractivity contribution in [3.63, 3.8) is 0 Å². The Morgan fingerprint density at radius 1 is 0.982 bits per heavy atom. The third-order valence-electron chi connectivity index (χ3n) is 10.5. The maximum atomic E-state index is 13.4. The summed E-state index contributed by atoms with van der Waals surface area (Å²) < 4.78 is 2.03. The molecule has 13 nitrogen and oxygen atoms in total. The number of aromatic nitrogens is 3. The third kappa shape index (κ3) is 7.97. The minimum absolute atomic E-state index is 0.0263. The number of hydrogen-bond acceptors (Lipinski definition) is 9. The molecule has 5 amide bonds. The Labute approximate surface area is 327 Å². The first kappa shape index (κ1) is 38.1. The fourth-order valence-corrected chi connectivity index (χ4v) is 8.86. The molecule has 3 aliphatic rings. The second-order valence-electron chi connectivity index (χ2n) is 14.2. The number of aryl methyl sites for hydroxylation is 2. The largest absolute Gasteiger partial charge is 0.356 e. The van der Waals surface area contributed by atoms with Gasteiger partial charge in [-0.1, -0.05) is 48.4 Å².